The lowest BCUT2D eigenvalue weighted by Crippen LogP contribution is -2.53. The molecule has 1 unspecified atom stereocenters. The average molecular weight is 893 g/mol. The molecular formula is C50H64N6O9. The van der Waals surface area contributed by atoms with Crippen LogP contribution in [0, 0.1) is 0 Å². The van der Waals surface area contributed by atoms with E-state index in [4.69, 9.17) is 19.9 Å². The van der Waals surface area contributed by atoms with Crippen LogP contribution in [-0.4, -0.2) is 83.3 Å². The van der Waals surface area contributed by atoms with Gasteiger partial charge in [0.1, 0.15) is 12.1 Å². The summed E-state index contributed by atoms with van der Waals surface area (Å²) in [5, 5.41) is 5.46. The summed E-state index contributed by atoms with van der Waals surface area (Å²) in [6.45, 7) is 5.00. The number of imidazole rings is 1. The minimum absolute atomic E-state index is 0.0321. The molecule has 4 aromatic rings. The Morgan fingerprint density at radius 3 is 2.22 bits per heavy atom. The van der Waals surface area contributed by atoms with E-state index in [1.54, 1.807) is 16.5 Å². The third kappa shape index (κ3) is 12.0. The Morgan fingerprint density at radius 2 is 1.49 bits per heavy atom. The van der Waals surface area contributed by atoms with E-state index in [0.717, 1.165) is 97.9 Å². The normalized spacial score (nSPS) is 18.1. The predicted octanol–water partition coefficient (Wildman–Crippen LogP) is 5.04. The van der Waals surface area contributed by atoms with Gasteiger partial charge in [0.2, 0.25) is 29.5 Å². The number of anilines is 1. The van der Waals surface area contributed by atoms with Gasteiger partial charge in [-0.05, 0) is 118 Å². The van der Waals surface area contributed by atoms with Crippen molar-refractivity contribution in [2.45, 2.75) is 134 Å². The van der Waals surface area contributed by atoms with E-state index in [-0.39, 0.29) is 36.3 Å². The molecule has 3 aromatic carbocycles. The van der Waals surface area contributed by atoms with Crippen LogP contribution in [0.25, 0.3) is 11.0 Å². The summed E-state index contributed by atoms with van der Waals surface area (Å²) in [6.07, 6.45) is 9.47. The SMILES string of the molecule is C[C@@H](OCc1ccc(CCCOCCCCCOCCCc2ccc3c(c2)n(C)c(=O)n3C2CCC(=O)NC2=O)cc1)[C@H](CCC(N)=O)NC(=O)[C@@H]1Cc2cccc3c2N1C(=O)CCC3. The van der Waals surface area contributed by atoms with Crippen molar-refractivity contribution in [2.75, 3.05) is 31.3 Å². The Kier molecular flexibility index (Phi) is 16.4. The number of nitrogens with zero attached hydrogens (tertiary/aromatic N) is 3. The fraction of sp³-hybridized carbons (Fsp3) is 0.520. The summed E-state index contributed by atoms with van der Waals surface area (Å²) < 4.78 is 21.1. The molecule has 15 nitrogen and oxygen atoms in total. The van der Waals surface area contributed by atoms with Crippen LogP contribution in [-0.2, 0) is 77.5 Å². The largest absolute Gasteiger partial charge is 0.381 e. The Balaban J connectivity index is 0.739. The van der Waals surface area contributed by atoms with Crippen LogP contribution in [0.15, 0.2) is 65.5 Å². The highest BCUT2D eigenvalue weighted by Gasteiger charge is 2.41. The number of benzene rings is 3. The quantitative estimate of drug-likeness (QED) is 0.0639. The van der Waals surface area contributed by atoms with Crippen LogP contribution in [0.3, 0.4) is 0 Å². The molecule has 3 aliphatic heterocycles. The Labute approximate surface area is 380 Å². The number of fused-ring (bicyclic) bond motifs is 1. The molecule has 5 amide bonds. The summed E-state index contributed by atoms with van der Waals surface area (Å²) in [6, 6.07) is 18.4. The Bertz CT molecular complexity index is 2390. The maximum atomic E-state index is 13.8. The summed E-state index contributed by atoms with van der Waals surface area (Å²) >= 11 is 0. The van der Waals surface area contributed by atoms with Crippen molar-refractivity contribution in [1.29, 1.82) is 0 Å². The van der Waals surface area contributed by atoms with Gasteiger partial charge in [0.25, 0.3) is 0 Å². The van der Waals surface area contributed by atoms with E-state index >= 15 is 0 Å². The van der Waals surface area contributed by atoms with E-state index < -0.39 is 36.0 Å². The second kappa shape index (κ2) is 22.5. The van der Waals surface area contributed by atoms with Crippen molar-refractivity contribution < 1.29 is 38.2 Å². The fourth-order valence-electron chi connectivity index (χ4n) is 9.32. The highest BCUT2D eigenvalue weighted by molar-refractivity contribution is 6.05. The topological polar surface area (TPSA) is 193 Å². The van der Waals surface area contributed by atoms with Crippen molar-refractivity contribution in [3.63, 3.8) is 0 Å². The van der Waals surface area contributed by atoms with Gasteiger partial charge in [-0.2, -0.15) is 0 Å². The zero-order valence-corrected chi connectivity index (χ0v) is 37.8. The van der Waals surface area contributed by atoms with Gasteiger partial charge in [-0.3, -0.25) is 43.3 Å². The first kappa shape index (κ1) is 47.3. The van der Waals surface area contributed by atoms with Gasteiger partial charge in [-0.15, -0.1) is 0 Å². The number of carbonyl (C=O) groups is 5. The lowest BCUT2D eigenvalue weighted by atomic mass is 10.0. The first-order valence-corrected chi connectivity index (χ1v) is 23.4. The highest BCUT2D eigenvalue weighted by Crippen LogP contribution is 2.39. The number of hydrogen-bond donors (Lipinski definition) is 3. The minimum Gasteiger partial charge on any atom is -0.381 e. The van der Waals surface area contributed by atoms with Gasteiger partial charge in [-0.1, -0.05) is 48.5 Å². The number of amides is 5. The number of piperidine rings is 1. The molecule has 4 N–H and O–H groups in total. The van der Waals surface area contributed by atoms with Crippen LogP contribution in [0.1, 0.15) is 111 Å². The molecule has 15 heteroatoms. The zero-order chi connectivity index (χ0) is 45.9. The maximum Gasteiger partial charge on any atom is 0.329 e. The van der Waals surface area contributed by atoms with Crippen molar-refractivity contribution in [2.24, 2.45) is 12.8 Å². The second-order valence-electron chi connectivity index (χ2n) is 17.7. The number of para-hydroxylation sites is 1. The zero-order valence-electron chi connectivity index (χ0n) is 37.8. The summed E-state index contributed by atoms with van der Waals surface area (Å²) in [7, 11) is 1.71. The number of primary amides is 1. The monoisotopic (exact) mass is 892 g/mol. The van der Waals surface area contributed by atoms with Gasteiger partial charge < -0.3 is 25.3 Å². The third-order valence-electron chi connectivity index (χ3n) is 13.0. The van der Waals surface area contributed by atoms with E-state index in [1.165, 1.54) is 10.1 Å². The number of aromatic nitrogens is 2. The van der Waals surface area contributed by atoms with Crippen LogP contribution in [0.2, 0.25) is 0 Å². The smallest absolute Gasteiger partial charge is 0.329 e. The number of hydrogen-bond acceptors (Lipinski definition) is 9. The molecule has 348 valence electrons. The van der Waals surface area contributed by atoms with Crippen LogP contribution >= 0.6 is 0 Å². The van der Waals surface area contributed by atoms with Gasteiger partial charge in [0, 0.05) is 59.2 Å². The maximum absolute atomic E-state index is 13.8. The van der Waals surface area contributed by atoms with E-state index in [2.05, 4.69) is 34.9 Å². The van der Waals surface area contributed by atoms with Crippen molar-refractivity contribution in [3.05, 3.63) is 99.0 Å². The predicted molar refractivity (Wildman–Crippen MR) is 246 cm³/mol. The number of rotatable bonds is 24. The van der Waals surface area contributed by atoms with E-state index in [0.29, 0.717) is 57.6 Å². The summed E-state index contributed by atoms with van der Waals surface area (Å²) in [5.41, 5.74) is 13.0. The second-order valence-corrected chi connectivity index (χ2v) is 17.7. The van der Waals surface area contributed by atoms with Crippen LogP contribution in [0.4, 0.5) is 5.69 Å². The molecule has 0 saturated carbocycles. The summed E-state index contributed by atoms with van der Waals surface area (Å²) in [4.78, 5) is 77.5. The first-order chi connectivity index (χ1) is 31.5. The van der Waals surface area contributed by atoms with Gasteiger partial charge in [0.05, 0.1) is 35.5 Å². The lowest BCUT2D eigenvalue weighted by Gasteiger charge is -2.29. The number of nitrogens with two attached hydrogens (primary N) is 1. The van der Waals surface area contributed by atoms with Crippen LogP contribution in [0.5, 0.6) is 0 Å². The molecule has 0 spiro atoms. The van der Waals surface area contributed by atoms with Crippen LogP contribution < -0.4 is 27.0 Å². The van der Waals surface area contributed by atoms with Crippen molar-refractivity contribution in [3.8, 4) is 0 Å². The Morgan fingerprint density at radius 1 is 0.815 bits per heavy atom. The molecule has 0 radical (unpaired) electrons. The number of carbonyl (C=O) groups excluding carboxylic acids is 5. The standard InChI is InChI=1S/C50H64N6O9/c1-33(39(21-24-44(51)57)52-49(61)43-31-38-14-6-12-37-13-7-15-46(59)56(43)47(37)38)65-32-36-18-16-34(17-19-36)10-8-28-63-26-4-3-5-27-64-29-9-11-35-20-22-40-42(30-35)54(2)50(62)55(40)41-23-25-45(58)53-48(41)60/h6,12,14,16-20,22,30,33,39,41,43H,3-5,7-11,13,15,21,23-29,31-32H2,1-2H3,(H2,51,57)(H,52,61)(H,53,58,60)/t33-,39+,41?,43+/m1/s1. The first-order valence-electron chi connectivity index (χ1n) is 23.4. The average Bonchev–Trinajstić information content (AvgIpc) is 3.74. The molecule has 4 atom stereocenters. The van der Waals surface area contributed by atoms with E-state index in [1.807, 2.05) is 43.3 Å². The molecule has 4 heterocycles. The molecule has 1 aromatic heterocycles. The number of ether oxygens (including phenoxy) is 3. The summed E-state index contributed by atoms with van der Waals surface area (Å²) in [5.74, 6) is -1.47. The molecule has 1 saturated heterocycles. The molecule has 7 rings (SSSR count). The van der Waals surface area contributed by atoms with Gasteiger partial charge in [-0.25, -0.2) is 4.79 Å². The molecule has 3 aliphatic rings. The number of unbranched alkanes of at least 4 members (excludes halogenated alkanes) is 2. The molecule has 1 fully saturated rings. The third-order valence-corrected chi connectivity index (χ3v) is 13.0. The highest BCUT2D eigenvalue weighted by atomic mass is 16.5. The lowest BCUT2D eigenvalue weighted by molar-refractivity contribution is -0.135. The minimum atomic E-state index is -0.689. The van der Waals surface area contributed by atoms with E-state index in [9.17, 15) is 28.8 Å². The number of nitrogens with one attached hydrogen (secondary N) is 2. The van der Waals surface area contributed by atoms with Crippen molar-refractivity contribution >= 4 is 46.3 Å². The molecular weight excluding hydrogens is 829 g/mol. The van der Waals surface area contributed by atoms with Crippen molar-refractivity contribution in [1.82, 2.24) is 19.8 Å². The van der Waals surface area contributed by atoms with Gasteiger partial charge in [0.15, 0.2) is 0 Å². The fourth-order valence-corrected chi connectivity index (χ4v) is 9.32. The molecule has 0 aliphatic carbocycles. The molecule has 0 bridgehead atoms. The Hall–Kier alpha value is -5.64. The number of aryl methyl sites for hydroxylation is 4. The molecule has 65 heavy (non-hydrogen) atoms. The number of imide groups is 1. The van der Waals surface area contributed by atoms with Gasteiger partial charge >= 0.3 is 5.69 Å².